The van der Waals surface area contributed by atoms with E-state index in [1.54, 1.807) is 11.3 Å². The maximum atomic E-state index is 5.95. The van der Waals surface area contributed by atoms with E-state index in [1.165, 1.54) is 0 Å². The quantitative estimate of drug-likeness (QED) is 0.846. The van der Waals surface area contributed by atoms with E-state index < -0.39 is 0 Å². The standard InChI is InChI=1S/C12H17N3OS/c1-8-14-10-7-11(16-5-4-15(2)3)9(13)6-12(10)17-8/h6-7H,4-5,13H2,1-3H3. The molecule has 0 atom stereocenters. The van der Waals surface area contributed by atoms with E-state index in [2.05, 4.69) is 9.88 Å². The molecule has 5 heteroatoms. The summed E-state index contributed by atoms with van der Waals surface area (Å²) in [5.74, 6) is 0.727. The molecule has 17 heavy (non-hydrogen) atoms. The van der Waals surface area contributed by atoms with Gasteiger partial charge in [0.2, 0.25) is 0 Å². The smallest absolute Gasteiger partial charge is 0.144 e. The van der Waals surface area contributed by atoms with Crippen molar-refractivity contribution in [1.29, 1.82) is 0 Å². The summed E-state index contributed by atoms with van der Waals surface area (Å²) in [6.45, 7) is 3.49. The molecule has 0 radical (unpaired) electrons. The molecule has 0 aliphatic rings. The Morgan fingerprint density at radius 1 is 1.41 bits per heavy atom. The fraction of sp³-hybridized carbons (Fsp3) is 0.417. The molecule has 0 saturated heterocycles. The van der Waals surface area contributed by atoms with Gasteiger partial charge in [-0.1, -0.05) is 0 Å². The first-order valence-corrected chi connectivity index (χ1v) is 6.32. The Morgan fingerprint density at radius 3 is 2.88 bits per heavy atom. The zero-order chi connectivity index (χ0) is 12.4. The molecule has 0 unspecified atom stereocenters. The summed E-state index contributed by atoms with van der Waals surface area (Å²) in [4.78, 5) is 6.50. The number of nitrogen functional groups attached to an aromatic ring is 1. The number of ether oxygens (including phenoxy) is 1. The van der Waals surface area contributed by atoms with Gasteiger partial charge in [0.25, 0.3) is 0 Å². The molecular weight excluding hydrogens is 234 g/mol. The van der Waals surface area contributed by atoms with Crippen molar-refractivity contribution in [2.24, 2.45) is 0 Å². The molecule has 0 fully saturated rings. The zero-order valence-electron chi connectivity index (χ0n) is 10.4. The number of nitrogens with two attached hydrogens (primary N) is 1. The molecule has 0 bridgehead atoms. The van der Waals surface area contributed by atoms with Gasteiger partial charge in [-0.25, -0.2) is 4.98 Å². The van der Waals surface area contributed by atoms with Gasteiger partial charge in [0.05, 0.1) is 20.9 Å². The van der Waals surface area contributed by atoms with Gasteiger partial charge in [-0.05, 0) is 27.1 Å². The summed E-state index contributed by atoms with van der Waals surface area (Å²) >= 11 is 1.65. The van der Waals surface area contributed by atoms with Gasteiger partial charge in [0.1, 0.15) is 12.4 Å². The second-order valence-electron chi connectivity index (χ2n) is 4.24. The van der Waals surface area contributed by atoms with Crippen molar-refractivity contribution in [3.63, 3.8) is 0 Å². The number of fused-ring (bicyclic) bond motifs is 1. The second-order valence-corrected chi connectivity index (χ2v) is 5.48. The van der Waals surface area contributed by atoms with E-state index in [0.717, 1.165) is 27.5 Å². The fourth-order valence-electron chi connectivity index (χ4n) is 1.55. The lowest BCUT2D eigenvalue weighted by molar-refractivity contribution is 0.262. The van der Waals surface area contributed by atoms with E-state index in [4.69, 9.17) is 10.5 Å². The van der Waals surface area contributed by atoms with Crippen LogP contribution in [0, 0.1) is 6.92 Å². The van der Waals surface area contributed by atoms with Crippen LogP contribution in [0.3, 0.4) is 0 Å². The van der Waals surface area contributed by atoms with Crippen molar-refractivity contribution >= 4 is 27.2 Å². The summed E-state index contributed by atoms with van der Waals surface area (Å²) in [5, 5.41) is 1.05. The lowest BCUT2D eigenvalue weighted by Crippen LogP contribution is -2.19. The molecule has 0 aliphatic heterocycles. The van der Waals surface area contributed by atoms with Crippen molar-refractivity contribution in [2.75, 3.05) is 33.0 Å². The van der Waals surface area contributed by atoms with Crippen molar-refractivity contribution < 1.29 is 4.74 Å². The minimum atomic E-state index is 0.631. The number of likely N-dealkylation sites (N-methyl/N-ethyl adjacent to an activating group) is 1. The molecule has 92 valence electrons. The average molecular weight is 251 g/mol. The molecule has 2 N–H and O–H groups in total. The summed E-state index contributed by atoms with van der Waals surface area (Å²) in [6, 6.07) is 3.86. The van der Waals surface area contributed by atoms with Crippen LogP contribution in [0.5, 0.6) is 5.75 Å². The number of benzene rings is 1. The van der Waals surface area contributed by atoms with Crippen molar-refractivity contribution in [1.82, 2.24) is 9.88 Å². The van der Waals surface area contributed by atoms with Gasteiger partial charge in [0.15, 0.2) is 0 Å². The molecule has 1 aromatic heterocycles. The highest BCUT2D eigenvalue weighted by atomic mass is 32.1. The van der Waals surface area contributed by atoms with Gasteiger partial charge in [-0.2, -0.15) is 0 Å². The number of hydrogen-bond acceptors (Lipinski definition) is 5. The number of thiazole rings is 1. The summed E-state index contributed by atoms with van der Waals surface area (Å²) in [6.07, 6.45) is 0. The number of rotatable bonds is 4. The highest BCUT2D eigenvalue weighted by molar-refractivity contribution is 7.18. The van der Waals surface area contributed by atoms with Crippen LogP contribution in [0.15, 0.2) is 12.1 Å². The van der Waals surface area contributed by atoms with Crippen molar-refractivity contribution in [2.45, 2.75) is 6.92 Å². The number of aryl methyl sites for hydroxylation is 1. The van der Waals surface area contributed by atoms with Crippen LogP contribution in [-0.4, -0.2) is 37.1 Å². The molecule has 4 nitrogen and oxygen atoms in total. The Balaban J connectivity index is 2.18. The Morgan fingerprint density at radius 2 is 2.18 bits per heavy atom. The normalized spacial score (nSPS) is 11.3. The van der Waals surface area contributed by atoms with Crippen LogP contribution < -0.4 is 10.5 Å². The lowest BCUT2D eigenvalue weighted by Gasteiger charge is -2.12. The average Bonchev–Trinajstić information content (AvgIpc) is 2.57. The second kappa shape index (κ2) is 4.89. The Hall–Kier alpha value is -1.33. The number of aromatic nitrogens is 1. The molecule has 2 aromatic rings. The third-order valence-corrected chi connectivity index (χ3v) is 3.36. The predicted octanol–water partition coefficient (Wildman–Crippen LogP) is 2.13. The zero-order valence-corrected chi connectivity index (χ0v) is 11.2. The van der Waals surface area contributed by atoms with Crippen molar-refractivity contribution in [3.8, 4) is 5.75 Å². The lowest BCUT2D eigenvalue weighted by atomic mass is 10.3. The van der Waals surface area contributed by atoms with Crippen LogP contribution in [-0.2, 0) is 0 Å². The largest absolute Gasteiger partial charge is 0.490 e. The molecule has 0 spiro atoms. The van der Waals surface area contributed by atoms with E-state index in [-0.39, 0.29) is 0 Å². The van der Waals surface area contributed by atoms with Gasteiger partial charge >= 0.3 is 0 Å². The van der Waals surface area contributed by atoms with Gasteiger partial charge in [0, 0.05) is 12.6 Å². The molecule has 0 saturated carbocycles. The Bertz CT molecular complexity index is 522. The van der Waals surface area contributed by atoms with Gasteiger partial charge in [-0.15, -0.1) is 11.3 Å². The maximum Gasteiger partial charge on any atom is 0.144 e. The van der Waals surface area contributed by atoms with Gasteiger partial charge < -0.3 is 15.4 Å². The molecule has 1 aromatic carbocycles. The maximum absolute atomic E-state index is 5.95. The van der Waals surface area contributed by atoms with Gasteiger partial charge in [-0.3, -0.25) is 0 Å². The summed E-state index contributed by atoms with van der Waals surface area (Å²) in [5.41, 5.74) is 7.59. The molecular formula is C12H17N3OS. The van der Waals surface area contributed by atoms with E-state index in [9.17, 15) is 0 Å². The first kappa shape index (κ1) is 12.1. The summed E-state index contributed by atoms with van der Waals surface area (Å²) in [7, 11) is 4.03. The highest BCUT2D eigenvalue weighted by Crippen LogP contribution is 2.31. The number of hydrogen-bond donors (Lipinski definition) is 1. The van der Waals surface area contributed by atoms with E-state index in [0.29, 0.717) is 12.3 Å². The SMILES string of the molecule is Cc1nc2cc(OCCN(C)C)c(N)cc2s1. The molecule has 2 rings (SSSR count). The predicted molar refractivity (Wildman–Crippen MR) is 72.8 cm³/mol. The molecule has 0 aliphatic carbocycles. The summed E-state index contributed by atoms with van der Waals surface area (Å²) < 4.78 is 6.77. The van der Waals surface area contributed by atoms with Crippen molar-refractivity contribution in [3.05, 3.63) is 17.1 Å². The van der Waals surface area contributed by atoms with Crippen LogP contribution >= 0.6 is 11.3 Å². The monoisotopic (exact) mass is 251 g/mol. The Kier molecular flexibility index (Phi) is 3.49. The minimum Gasteiger partial charge on any atom is -0.490 e. The number of nitrogens with zero attached hydrogens (tertiary/aromatic N) is 2. The fourth-order valence-corrected chi connectivity index (χ4v) is 2.41. The Labute approximate surface area is 105 Å². The highest BCUT2D eigenvalue weighted by Gasteiger charge is 2.07. The molecule has 1 heterocycles. The first-order valence-electron chi connectivity index (χ1n) is 5.50. The number of anilines is 1. The van der Waals surface area contributed by atoms with E-state index >= 15 is 0 Å². The third kappa shape index (κ3) is 2.87. The minimum absolute atomic E-state index is 0.631. The topological polar surface area (TPSA) is 51.4 Å². The van der Waals surface area contributed by atoms with Crippen LogP contribution in [0.25, 0.3) is 10.2 Å². The van der Waals surface area contributed by atoms with Crippen LogP contribution in [0.4, 0.5) is 5.69 Å². The van der Waals surface area contributed by atoms with Crippen LogP contribution in [0.2, 0.25) is 0 Å². The van der Waals surface area contributed by atoms with Crippen LogP contribution in [0.1, 0.15) is 5.01 Å². The third-order valence-electron chi connectivity index (χ3n) is 2.42. The first-order chi connectivity index (χ1) is 8.06. The molecule has 0 amide bonds. The van der Waals surface area contributed by atoms with E-state index in [1.807, 2.05) is 33.2 Å².